The van der Waals surface area contributed by atoms with E-state index in [0.717, 1.165) is 7.11 Å². The van der Waals surface area contributed by atoms with Gasteiger partial charge >= 0.3 is 5.97 Å². The number of methoxy groups -OCH3 is 1. The van der Waals surface area contributed by atoms with Gasteiger partial charge in [0.05, 0.1) is 18.4 Å². The molecule has 0 fully saturated rings. The zero-order chi connectivity index (χ0) is 12.3. The van der Waals surface area contributed by atoms with E-state index in [2.05, 4.69) is 25.7 Å². The minimum Gasteiger partial charge on any atom is -0.464 e. The van der Waals surface area contributed by atoms with Gasteiger partial charge in [0, 0.05) is 5.33 Å². The summed E-state index contributed by atoms with van der Waals surface area (Å²) in [5.41, 5.74) is -1.45. The summed E-state index contributed by atoms with van der Waals surface area (Å²) in [6, 6.07) is 0.692. The second-order valence-corrected chi connectivity index (χ2v) is 3.34. The quantitative estimate of drug-likeness (QED) is 0.636. The molecule has 1 rings (SSSR count). The fraction of sp³-hybridized carbons (Fsp3) is 0.333. The van der Waals surface area contributed by atoms with Gasteiger partial charge in [-0.15, -0.1) is 0 Å². The number of carbonyl (C=O) groups is 1. The van der Waals surface area contributed by atoms with E-state index in [4.69, 9.17) is 0 Å². The molecule has 0 aromatic carbocycles. The number of nitrogens with zero attached hydrogens (tertiary/aromatic N) is 1. The Hall–Kier alpha value is -1.11. The molecule has 0 saturated heterocycles. The summed E-state index contributed by atoms with van der Waals surface area (Å²) in [5, 5.41) is -0.0661. The van der Waals surface area contributed by atoms with Crippen molar-refractivity contribution in [2.75, 3.05) is 7.11 Å². The summed E-state index contributed by atoms with van der Waals surface area (Å²) >= 11 is 2.90. The maximum absolute atomic E-state index is 13.3. The predicted molar refractivity (Wildman–Crippen MR) is 53.1 cm³/mol. The number of halogens is 4. The van der Waals surface area contributed by atoms with Crippen LogP contribution in [-0.2, 0) is 10.1 Å². The highest BCUT2D eigenvalue weighted by molar-refractivity contribution is 9.08. The second-order valence-electron chi connectivity index (χ2n) is 2.78. The van der Waals surface area contributed by atoms with Crippen molar-refractivity contribution in [3.63, 3.8) is 0 Å². The van der Waals surface area contributed by atoms with E-state index >= 15 is 0 Å². The molecule has 0 aliphatic rings. The van der Waals surface area contributed by atoms with Crippen LogP contribution in [0.15, 0.2) is 6.07 Å². The third kappa shape index (κ3) is 2.52. The zero-order valence-corrected chi connectivity index (χ0v) is 9.72. The van der Waals surface area contributed by atoms with Crippen LogP contribution in [0.2, 0.25) is 0 Å². The Morgan fingerprint density at radius 3 is 2.69 bits per heavy atom. The second kappa shape index (κ2) is 5.29. The van der Waals surface area contributed by atoms with Crippen LogP contribution in [0.1, 0.15) is 28.2 Å². The molecule has 0 unspecified atom stereocenters. The lowest BCUT2D eigenvalue weighted by Crippen LogP contribution is -2.10. The topological polar surface area (TPSA) is 39.2 Å². The van der Waals surface area contributed by atoms with Crippen LogP contribution in [0.4, 0.5) is 13.2 Å². The lowest BCUT2D eigenvalue weighted by molar-refractivity contribution is 0.0593. The van der Waals surface area contributed by atoms with Gasteiger partial charge < -0.3 is 4.74 Å². The number of rotatable bonds is 3. The van der Waals surface area contributed by atoms with Gasteiger partial charge in [-0.1, -0.05) is 15.9 Å². The number of hydrogen-bond acceptors (Lipinski definition) is 3. The first kappa shape index (κ1) is 13.0. The van der Waals surface area contributed by atoms with Crippen molar-refractivity contribution in [3.05, 3.63) is 28.8 Å². The number of carbonyl (C=O) groups excluding carboxylic acids is 1. The Morgan fingerprint density at radius 2 is 2.25 bits per heavy atom. The summed E-state index contributed by atoms with van der Waals surface area (Å²) in [6.45, 7) is 0. The molecule has 0 atom stereocenters. The first-order chi connectivity index (χ1) is 7.51. The summed E-state index contributed by atoms with van der Waals surface area (Å²) < 4.78 is 42.6. The summed E-state index contributed by atoms with van der Waals surface area (Å²) in [4.78, 5) is 14.7. The third-order valence-corrected chi connectivity index (χ3v) is 2.34. The molecule has 0 aliphatic carbocycles. The molecular formula is C9H7BrF3NO2. The van der Waals surface area contributed by atoms with Crippen molar-refractivity contribution >= 4 is 21.9 Å². The van der Waals surface area contributed by atoms with Crippen molar-refractivity contribution in [1.29, 1.82) is 0 Å². The van der Waals surface area contributed by atoms with Crippen molar-refractivity contribution in [2.24, 2.45) is 0 Å². The first-order valence-corrected chi connectivity index (χ1v) is 5.25. The SMILES string of the molecule is COC(=O)c1cc(C(F)F)c(F)c(CBr)n1. The van der Waals surface area contributed by atoms with Crippen molar-refractivity contribution in [2.45, 2.75) is 11.8 Å². The lowest BCUT2D eigenvalue weighted by atomic mass is 10.2. The van der Waals surface area contributed by atoms with E-state index in [0.29, 0.717) is 6.07 Å². The number of esters is 1. The Labute approximate surface area is 97.8 Å². The molecule has 1 aromatic rings. The van der Waals surface area contributed by atoms with Crippen LogP contribution in [0.5, 0.6) is 0 Å². The highest BCUT2D eigenvalue weighted by Gasteiger charge is 2.21. The van der Waals surface area contributed by atoms with Crippen LogP contribution in [-0.4, -0.2) is 18.1 Å². The van der Waals surface area contributed by atoms with E-state index in [1.807, 2.05) is 0 Å². The van der Waals surface area contributed by atoms with Crippen LogP contribution in [0, 0.1) is 5.82 Å². The zero-order valence-electron chi connectivity index (χ0n) is 8.14. The standard InChI is InChI=1S/C9H7BrF3NO2/c1-16-9(15)5-2-4(8(12)13)7(11)6(3-10)14-5/h2,8H,3H2,1H3. The molecule has 0 spiro atoms. The van der Waals surface area contributed by atoms with Gasteiger partial charge in [0.1, 0.15) is 5.69 Å². The average Bonchev–Trinajstić information content (AvgIpc) is 2.27. The maximum Gasteiger partial charge on any atom is 0.356 e. The molecule has 0 radical (unpaired) electrons. The van der Waals surface area contributed by atoms with Crippen LogP contribution in [0.3, 0.4) is 0 Å². The summed E-state index contributed by atoms with van der Waals surface area (Å²) in [7, 11) is 1.09. The fourth-order valence-electron chi connectivity index (χ4n) is 1.06. The molecule has 88 valence electrons. The monoisotopic (exact) mass is 297 g/mol. The molecule has 0 bridgehead atoms. The van der Waals surface area contributed by atoms with Gasteiger partial charge in [0.25, 0.3) is 6.43 Å². The largest absolute Gasteiger partial charge is 0.464 e. The molecule has 0 saturated carbocycles. The van der Waals surface area contributed by atoms with Gasteiger partial charge in [-0.3, -0.25) is 0 Å². The molecule has 7 heteroatoms. The Balaban J connectivity index is 3.34. The van der Waals surface area contributed by atoms with Gasteiger partial charge in [0.2, 0.25) is 0 Å². The van der Waals surface area contributed by atoms with Crippen molar-refractivity contribution in [1.82, 2.24) is 4.98 Å². The number of pyridine rings is 1. The summed E-state index contributed by atoms with van der Waals surface area (Å²) in [5.74, 6) is -2.00. The van der Waals surface area contributed by atoms with E-state index in [-0.39, 0.29) is 16.7 Å². The fourth-order valence-corrected chi connectivity index (χ4v) is 1.43. The number of aromatic nitrogens is 1. The average molecular weight is 298 g/mol. The molecular weight excluding hydrogens is 291 g/mol. The van der Waals surface area contributed by atoms with Gasteiger partial charge in [-0.25, -0.2) is 22.9 Å². The van der Waals surface area contributed by atoms with Crippen molar-refractivity contribution < 1.29 is 22.7 Å². The minimum absolute atomic E-state index is 0.0661. The van der Waals surface area contributed by atoms with Crippen LogP contribution in [0.25, 0.3) is 0 Å². The van der Waals surface area contributed by atoms with E-state index in [1.165, 1.54) is 0 Å². The van der Waals surface area contributed by atoms with Crippen molar-refractivity contribution in [3.8, 4) is 0 Å². The molecule has 16 heavy (non-hydrogen) atoms. The van der Waals surface area contributed by atoms with Crippen LogP contribution < -0.4 is 0 Å². The van der Waals surface area contributed by atoms with E-state index < -0.39 is 23.8 Å². The Bertz CT molecular complexity index is 412. The van der Waals surface area contributed by atoms with Crippen LogP contribution >= 0.6 is 15.9 Å². The molecule has 0 aliphatic heterocycles. The molecule has 3 nitrogen and oxygen atoms in total. The Kier molecular flexibility index (Phi) is 4.28. The molecule has 1 heterocycles. The number of alkyl halides is 3. The highest BCUT2D eigenvalue weighted by Crippen LogP contribution is 2.25. The van der Waals surface area contributed by atoms with Gasteiger partial charge in [-0.05, 0) is 6.07 Å². The molecule has 1 aromatic heterocycles. The molecule has 0 amide bonds. The molecule has 0 N–H and O–H groups in total. The first-order valence-electron chi connectivity index (χ1n) is 4.13. The lowest BCUT2D eigenvalue weighted by Gasteiger charge is -2.07. The number of ether oxygens (including phenoxy) is 1. The normalized spacial score (nSPS) is 10.6. The van der Waals surface area contributed by atoms with Gasteiger partial charge in [0.15, 0.2) is 5.82 Å². The van der Waals surface area contributed by atoms with Gasteiger partial charge in [-0.2, -0.15) is 0 Å². The van der Waals surface area contributed by atoms with E-state index in [1.54, 1.807) is 0 Å². The number of hydrogen-bond donors (Lipinski definition) is 0. The van der Waals surface area contributed by atoms with E-state index in [9.17, 15) is 18.0 Å². The third-order valence-electron chi connectivity index (χ3n) is 1.81. The maximum atomic E-state index is 13.3. The smallest absolute Gasteiger partial charge is 0.356 e. The summed E-state index contributed by atoms with van der Waals surface area (Å²) in [6.07, 6.45) is -3.01. The predicted octanol–water partition coefficient (Wildman–Crippen LogP) is 2.84. The minimum atomic E-state index is -3.01. The highest BCUT2D eigenvalue weighted by atomic mass is 79.9. The Morgan fingerprint density at radius 1 is 1.62 bits per heavy atom.